The SMILES string of the molecule is NCCc1ccc(Cc2cccc(Cl)c2)cc1. The Labute approximate surface area is 107 Å². The molecule has 0 aliphatic carbocycles. The Hall–Kier alpha value is -1.31. The third-order valence-corrected chi connectivity index (χ3v) is 2.99. The van der Waals surface area contributed by atoms with Crippen molar-refractivity contribution in [1.82, 2.24) is 0 Å². The van der Waals surface area contributed by atoms with Crippen molar-refractivity contribution in [3.8, 4) is 0 Å². The van der Waals surface area contributed by atoms with Crippen molar-refractivity contribution in [3.63, 3.8) is 0 Å². The zero-order valence-corrected chi connectivity index (χ0v) is 10.5. The minimum Gasteiger partial charge on any atom is -0.330 e. The Bertz CT molecular complexity index is 477. The molecule has 0 amide bonds. The highest BCUT2D eigenvalue weighted by Gasteiger charge is 1.98. The largest absolute Gasteiger partial charge is 0.330 e. The summed E-state index contributed by atoms with van der Waals surface area (Å²) in [6.07, 6.45) is 1.86. The molecule has 0 bridgehead atoms. The van der Waals surface area contributed by atoms with E-state index in [0.29, 0.717) is 6.54 Å². The topological polar surface area (TPSA) is 26.0 Å². The summed E-state index contributed by atoms with van der Waals surface area (Å²) in [6, 6.07) is 16.6. The monoisotopic (exact) mass is 245 g/mol. The lowest BCUT2D eigenvalue weighted by atomic mass is 10.0. The van der Waals surface area contributed by atoms with Crippen LogP contribution in [-0.2, 0) is 12.8 Å². The van der Waals surface area contributed by atoms with Gasteiger partial charge in [0.1, 0.15) is 0 Å². The van der Waals surface area contributed by atoms with Gasteiger partial charge in [0.25, 0.3) is 0 Å². The highest BCUT2D eigenvalue weighted by Crippen LogP contribution is 2.15. The van der Waals surface area contributed by atoms with Crippen molar-refractivity contribution < 1.29 is 0 Å². The molecular formula is C15H16ClN. The van der Waals surface area contributed by atoms with E-state index in [-0.39, 0.29) is 0 Å². The molecular weight excluding hydrogens is 230 g/mol. The fraction of sp³-hybridized carbons (Fsp3) is 0.200. The predicted molar refractivity (Wildman–Crippen MR) is 73.5 cm³/mol. The minimum absolute atomic E-state index is 0.702. The van der Waals surface area contributed by atoms with E-state index in [1.807, 2.05) is 18.2 Å². The van der Waals surface area contributed by atoms with Crippen molar-refractivity contribution >= 4 is 11.6 Å². The maximum Gasteiger partial charge on any atom is 0.0408 e. The standard InChI is InChI=1S/C15H16ClN/c16-15-3-1-2-14(11-15)10-13-6-4-12(5-7-13)8-9-17/h1-7,11H,8-10,17H2. The summed E-state index contributed by atoms with van der Waals surface area (Å²) in [5, 5.41) is 0.794. The van der Waals surface area contributed by atoms with Crippen molar-refractivity contribution in [2.75, 3.05) is 6.54 Å². The molecule has 2 aromatic carbocycles. The lowest BCUT2D eigenvalue weighted by Crippen LogP contribution is -2.02. The van der Waals surface area contributed by atoms with E-state index in [0.717, 1.165) is 17.9 Å². The quantitative estimate of drug-likeness (QED) is 0.878. The molecule has 0 aliphatic rings. The Morgan fingerprint density at radius 1 is 0.882 bits per heavy atom. The third kappa shape index (κ3) is 3.58. The summed E-state index contributed by atoms with van der Waals surface area (Å²) in [5.74, 6) is 0. The van der Waals surface area contributed by atoms with Crippen molar-refractivity contribution in [2.45, 2.75) is 12.8 Å². The van der Waals surface area contributed by atoms with Crippen LogP contribution in [0.15, 0.2) is 48.5 Å². The van der Waals surface area contributed by atoms with E-state index < -0.39 is 0 Å². The fourth-order valence-electron chi connectivity index (χ4n) is 1.87. The first-order valence-corrected chi connectivity index (χ1v) is 6.18. The second-order valence-corrected chi connectivity index (χ2v) is 4.60. The van der Waals surface area contributed by atoms with Crippen molar-refractivity contribution in [2.24, 2.45) is 5.73 Å². The van der Waals surface area contributed by atoms with Crippen LogP contribution in [0, 0.1) is 0 Å². The summed E-state index contributed by atoms with van der Waals surface area (Å²) >= 11 is 5.96. The van der Waals surface area contributed by atoms with Gasteiger partial charge in [0, 0.05) is 5.02 Å². The lowest BCUT2D eigenvalue weighted by molar-refractivity contribution is 0.966. The highest BCUT2D eigenvalue weighted by molar-refractivity contribution is 6.30. The molecule has 0 saturated carbocycles. The summed E-state index contributed by atoms with van der Waals surface area (Å²) < 4.78 is 0. The van der Waals surface area contributed by atoms with Gasteiger partial charge >= 0.3 is 0 Å². The van der Waals surface area contributed by atoms with E-state index in [4.69, 9.17) is 17.3 Å². The molecule has 2 aromatic rings. The first kappa shape index (κ1) is 12.2. The second kappa shape index (κ2) is 5.85. The zero-order chi connectivity index (χ0) is 12.1. The van der Waals surface area contributed by atoms with Gasteiger partial charge in [-0.05, 0) is 48.2 Å². The van der Waals surface area contributed by atoms with Gasteiger partial charge in [-0.15, -0.1) is 0 Å². The lowest BCUT2D eigenvalue weighted by Gasteiger charge is -2.04. The maximum absolute atomic E-state index is 5.96. The summed E-state index contributed by atoms with van der Waals surface area (Å²) in [7, 11) is 0. The first-order valence-electron chi connectivity index (χ1n) is 5.80. The molecule has 2 heteroatoms. The van der Waals surface area contributed by atoms with Gasteiger partial charge in [-0.2, -0.15) is 0 Å². The second-order valence-electron chi connectivity index (χ2n) is 4.16. The van der Waals surface area contributed by atoms with E-state index in [1.165, 1.54) is 16.7 Å². The van der Waals surface area contributed by atoms with Crippen LogP contribution in [0.4, 0.5) is 0 Å². The van der Waals surface area contributed by atoms with Crippen LogP contribution in [0.2, 0.25) is 5.02 Å². The molecule has 0 aromatic heterocycles. The summed E-state index contributed by atoms with van der Waals surface area (Å²) in [6.45, 7) is 0.702. The van der Waals surface area contributed by atoms with Gasteiger partial charge < -0.3 is 5.73 Å². The molecule has 0 aliphatic heterocycles. The minimum atomic E-state index is 0.702. The van der Waals surface area contributed by atoms with Gasteiger partial charge in [0.15, 0.2) is 0 Å². The molecule has 0 fully saturated rings. The smallest absolute Gasteiger partial charge is 0.0408 e. The predicted octanol–water partition coefficient (Wildman–Crippen LogP) is 3.43. The van der Waals surface area contributed by atoms with E-state index in [1.54, 1.807) is 0 Å². The first-order chi connectivity index (χ1) is 8.28. The average Bonchev–Trinajstić information content (AvgIpc) is 2.32. The van der Waals surface area contributed by atoms with Gasteiger partial charge in [0.05, 0.1) is 0 Å². The Morgan fingerprint density at radius 2 is 1.59 bits per heavy atom. The van der Waals surface area contributed by atoms with Gasteiger partial charge in [-0.3, -0.25) is 0 Å². The molecule has 0 saturated heterocycles. The molecule has 0 unspecified atom stereocenters. The van der Waals surface area contributed by atoms with Crippen LogP contribution < -0.4 is 5.73 Å². The van der Waals surface area contributed by atoms with Gasteiger partial charge in [0.2, 0.25) is 0 Å². The zero-order valence-electron chi connectivity index (χ0n) is 9.70. The average molecular weight is 246 g/mol. The molecule has 0 radical (unpaired) electrons. The third-order valence-electron chi connectivity index (χ3n) is 2.75. The maximum atomic E-state index is 5.96. The molecule has 0 atom stereocenters. The number of rotatable bonds is 4. The van der Waals surface area contributed by atoms with Crippen LogP contribution in [0.1, 0.15) is 16.7 Å². The molecule has 88 valence electrons. The normalized spacial score (nSPS) is 10.5. The highest BCUT2D eigenvalue weighted by atomic mass is 35.5. The number of hydrogen-bond donors (Lipinski definition) is 1. The molecule has 2 rings (SSSR count). The summed E-state index contributed by atoms with van der Waals surface area (Å²) in [5.41, 5.74) is 9.36. The summed E-state index contributed by atoms with van der Waals surface area (Å²) in [4.78, 5) is 0. The van der Waals surface area contributed by atoms with Crippen molar-refractivity contribution in [3.05, 3.63) is 70.2 Å². The number of benzene rings is 2. The van der Waals surface area contributed by atoms with E-state index in [9.17, 15) is 0 Å². The van der Waals surface area contributed by atoms with Crippen LogP contribution >= 0.6 is 11.6 Å². The molecule has 0 heterocycles. The number of nitrogens with two attached hydrogens (primary N) is 1. The molecule has 2 N–H and O–H groups in total. The van der Waals surface area contributed by atoms with Crippen LogP contribution in [0.3, 0.4) is 0 Å². The van der Waals surface area contributed by atoms with Crippen molar-refractivity contribution in [1.29, 1.82) is 0 Å². The van der Waals surface area contributed by atoms with Gasteiger partial charge in [-0.25, -0.2) is 0 Å². The molecule has 17 heavy (non-hydrogen) atoms. The van der Waals surface area contributed by atoms with Gasteiger partial charge in [-0.1, -0.05) is 48.0 Å². The van der Waals surface area contributed by atoms with Crippen LogP contribution in [0.5, 0.6) is 0 Å². The van der Waals surface area contributed by atoms with E-state index >= 15 is 0 Å². The Morgan fingerprint density at radius 3 is 2.24 bits per heavy atom. The Kier molecular flexibility index (Phi) is 4.18. The molecule has 0 spiro atoms. The fourth-order valence-corrected chi connectivity index (χ4v) is 2.09. The van der Waals surface area contributed by atoms with E-state index in [2.05, 4.69) is 30.3 Å². The molecule has 1 nitrogen and oxygen atoms in total. The van der Waals surface area contributed by atoms with Crippen LogP contribution in [0.25, 0.3) is 0 Å². The number of hydrogen-bond acceptors (Lipinski definition) is 1. The number of halogens is 1. The van der Waals surface area contributed by atoms with Crippen LogP contribution in [-0.4, -0.2) is 6.54 Å². The Balaban J connectivity index is 2.08.